The Labute approximate surface area is 195 Å². The maximum absolute atomic E-state index is 13.3. The number of pyridine rings is 1. The highest BCUT2D eigenvalue weighted by Crippen LogP contribution is 2.31. The molecule has 0 saturated carbocycles. The number of rotatable bonds is 8. The Morgan fingerprint density at radius 1 is 1.09 bits per heavy atom. The number of carbonyl (C=O) groups is 1. The number of likely N-dealkylation sites (tertiary alicyclic amines) is 1. The Morgan fingerprint density at radius 2 is 1.91 bits per heavy atom. The summed E-state index contributed by atoms with van der Waals surface area (Å²) in [6.07, 6.45) is 5.52. The Kier molecular flexibility index (Phi) is 7.29. The van der Waals surface area contributed by atoms with Crippen molar-refractivity contribution in [3.8, 4) is 0 Å². The molecule has 1 N–H and O–H groups in total. The van der Waals surface area contributed by atoms with Crippen molar-refractivity contribution < 1.29 is 4.79 Å². The minimum atomic E-state index is 0.0828. The van der Waals surface area contributed by atoms with Gasteiger partial charge in [0, 0.05) is 18.3 Å². The Morgan fingerprint density at radius 3 is 2.67 bits per heavy atom. The number of hydrogen-bond donors (Lipinski definition) is 1. The number of amides is 1. The van der Waals surface area contributed by atoms with Gasteiger partial charge in [-0.05, 0) is 57.9 Å². The van der Waals surface area contributed by atoms with Crippen molar-refractivity contribution in [3.63, 3.8) is 0 Å². The molecule has 0 spiro atoms. The lowest BCUT2D eigenvalue weighted by Gasteiger charge is -2.31. The summed E-state index contributed by atoms with van der Waals surface area (Å²) < 4.78 is 0. The molecular weight excluding hydrogens is 412 g/mol. The molecule has 1 aliphatic rings. The highest BCUT2D eigenvalue weighted by Gasteiger charge is 2.31. The Balaban J connectivity index is 1.45. The average molecular weight is 445 g/mol. The van der Waals surface area contributed by atoms with E-state index in [1.165, 1.54) is 0 Å². The van der Waals surface area contributed by atoms with Crippen LogP contribution in [0.2, 0.25) is 0 Å². The summed E-state index contributed by atoms with van der Waals surface area (Å²) in [5.41, 5.74) is 2.97. The molecule has 0 bridgehead atoms. The van der Waals surface area contributed by atoms with E-state index in [0.717, 1.165) is 42.2 Å². The van der Waals surface area contributed by atoms with Crippen LogP contribution in [0.5, 0.6) is 0 Å². The van der Waals surface area contributed by atoms with Crippen molar-refractivity contribution >= 4 is 17.5 Å². The van der Waals surface area contributed by atoms with Crippen LogP contribution in [0.1, 0.15) is 49.7 Å². The third-order valence-electron chi connectivity index (χ3n) is 5.98. The molecule has 4 rings (SSSR count). The SMILES string of the molecule is Cc1cccc(Nc2cncc([C@@H]3CCCN3CC(=O)N(Cc3ccccc3)C(C)C)n2)n1. The molecule has 1 fully saturated rings. The second kappa shape index (κ2) is 10.5. The highest BCUT2D eigenvalue weighted by molar-refractivity contribution is 5.78. The number of nitrogens with zero attached hydrogens (tertiary/aromatic N) is 5. The first kappa shape index (κ1) is 22.9. The zero-order valence-corrected chi connectivity index (χ0v) is 19.6. The van der Waals surface area contributed by atoms with Gasteiger partial charge >= 0.3 is 0 Å². The van der Waals surface area contributed by atoms with Gasteiger partial charge in [0.1, 0.15) is 11.6 Å². The van der Waals surface area contributed by atoms with Crippen molar-refractivity contribution in [3.05, 3.63) is 77.9 Å². The van der Waals surface area contributed by atoms with E-state index in [1.807, 2.05) is 54.4 Å². The Bertz CT molecular complexity index is 1070. The predicted octanol–water partition coefficient (Wildman–Crippen LogP) is 4.50. The first-order valence-corrected chi connectivity index (χ1v) is 11.6. The van der Waals surface area contributed by atoms with Crippen molar-refractivity contribution in [1.82, 2.24) is 24.8 Å². The molecular formula is C26H32N6O. The lowest BCUT2D eigenvalue weighted by Crippen LogP contribution is -2.43. The largest absolute Gasteiger partial charge is 0.335 e. The van der Waals surface area contributed by atoms with Gasteiger partial charge in [-0.3, -0.25) is 14.7 Å². The summed E-state index contributed by atoms with van der Waals surface area (Å²) in [7, 11) is 0. The summed E-state index contributed by atoms with van der Waals surface area (Å²) >= 11 is 0. The summed E-state index contributed by atoms with van der Waals surface area (Å²) in [6, 6.07) is 16.2. The second-order valence-electron chi connectivity index (χ2n) is 8.85. The smallest absolute Gasteiger partial charge is 0.237 e. The molecule has 7 heteroatoms. The van der Waals surface area contributed by atoms with Gasteiger partial charge in [-0.1, -0.05) is 36.4 Å². The van der Waals surface area contributed by atoms with Gasteiger partial charge in [-0.2, -0.15) is 0 Å². The van der Waals surface area contributed by atoms with E-state index >= 15 is 0 Å². The number of benzene rings is 1. The molecule has 0 aliphatic carbocycles. The van der Waals surface area contributed by atoms with Crippen molar-refractivity contribution in [1.29, 1.82) is 0 Å². The first-order valence-electron chi connectivity index (χ1n) is 11.6. The van der Waals surface area contributed by atoms with Crippen LogP contribution in [0.3, 0.4) is 0 Å². The zero-order chi connectivity index (χ0) is 23.2. The van der Waals surface area contributed by atoms with E-state index in [0.29, 0.717) is 18.9 Å². The van der Waals surface area contributed by atoms with Crippen LogP contribution in [0.25, 0.3) is 0 Å². The molecule has 3 aromatic rings. The molecule has 0 unspecified atom stereocenters. The van der Waals surface area contributed by atoms with E-state index in [-0.39, 0.29) is 18.0 Å². The topological polar surface area (TPSA) is 74.2 Å². The van der Waals surface area contributed by atoms with Gasteiger partial charge in [0.15, 0.2) is 0 Å². The molecule has 2 aromatic heterocycles. The normalized spacial score (nSPS) is 16.2. The fraction of sp³-hybridized carbons (Fsp3) is 0.385. The van der Waals surface area contributed by atoms with Crippen LogP contribution in [-0.2, 0) is 11.3 Å². The third-order valence-corrected chi connectivity index (χ3v) is 5.98. The number of aromatic nitrogens is 3. The summed E-state index contributed by atoms with van der Waals surface area (Å²) in [6.45, 7) is 7.99. The van der Waals surface area contributed by atoms with Crippen LogP contribution in [0, 0.1) is 6.92 Å². The maximum atomic E-state index is 13.3. The molecule has 1 saturated heterocycles. The third kappa shape index (κ3) is 5.93. The van der Waals surface area contributed by atoms with E-state index in [4.69, 9.17) is 4.98 Å². The zero-order valence-electron chi connectivity index (χ0n) is 19.6. The van der Waals surface area contributed by atoms with Gasteiger partial charge in [0.25, 0.3) is 0 Å². The van der Waals surface area contributed by atoms with Gasteiger partial charge < -0.3 is 10.2 Å². The number of hydrogen-bond acceptors (Lipinski definition) is 6. The molecule has 1 atom stereocenters. The van der Waals surface area contributed by atoms with E-state index in [2.05, 4.69) is 46.2 Å². The summed E-state index contributed by atoms with van der Waals surface area (Å²) in [5.74, 6) is 1.55. The Hall–Kier alpha value is -3.32. The molecule has 0 radical (unpaired) electrons. The van der Waals surface area contributed by atoms with Gasteiger partial charge in [-0.15, -0.1) is 0 Å². The quantitative estimate of drug-likeness (QED) is 0.552. The van der Waals surface area contributed by atoms with Crippen LogP contribution in [0.4, 0.5) is 11.6 Å². The fourth-order valence-electron chi connectivity index (χ4n) is 4.30. The van der Waals surface area contributed by atoms with Crippen LogP contribution < -0.4 is 5.32 Å². The number of nitrogens with one attached hydrogen (secondary N) is 1. The molecule has 7 nitrogen and oxygen atoms in total. The molecule has 1 aliphatic heterocycles. The van der Waals surface area contributed by atoms with Crippen molar-refractivity contribution in [2.75, 3.05) is 18.4 Å². The monoisotopic (exact) mass is 444 g/mol. The molecule has 33 heavy (non-hydrogen) atoms. The lowest BCUT2D eigenvalue weighted by molar-refractivity contribution is -0.135. The minimum Gasteiger partial charge on any atom is -0.335 e. The van der Waals surface area contributed by atoms with Crippen LogP contribution >= 0.6 is 0 Å². The van der Waals surface area contributed by atoms with E-state index in [1.54, 1.807) is 6.20 Å². The molecule has 3 heterocycles. The van der Waals surface area contributed by atoms with Gasteiger partial charge in [0.2, 0.25) is 5.91 Å². The van der Waals surface area contributed by atoms with Gasteiger partial charge in [-0.25, -0.2) is 9.97 Å². The standard InChI is InChI=1S/C26H32N6O/c1-19(2)32(17-21-10-5-4-6-11-21)26(33)18-31-14-8-12-23(31)22-15-27-16-25(29-22)30-24-13-7-9-20(3)28-24/h4-7,9-11,13,15-16,19,23H,8,12,14,17-18H2,1-3H3,(H,28,29,30)/t23-/m0/s1. The van der Waals surface area contributed by atoms with E-state index in [9.17, 15) is 4.79 Å². The second-order valence-corrected chi connectivity index (χ2v) is 8.85. The minimum absolute atomic E-state index is 0.0828. The van der Waals surface area contributed by atoms with Crippen molar-refractivity contribution in [2.45, 2.75) is 52.2 Å². The van der Waals surface area contributed by atoms with Crippen LogP contribution in [-0.4, -0.2) is 49.8 Å². The maximum Gasteiger partial charge on any atom is 0.237 e. The fourth-order valence-corrected chi connectivity index (χ4v) is 4.30. The number of carbonyl (C=O) groups excluding carboxylic acids is 1. The predicted molar refractivity (Wildman–Crippen MR) is 130 cm³/mol. The van der Waals surface area contributed by atoms with Gasteiger partial charge in [0.05, 0.1) is 30.7 Å². The lowest BCUT2D eigenvalue weighted by atomic mass is 10.1. The van der Waals surface area contributed by atoms with Crippen LogP contribution in [0.15, 0.2) is 60.9 Å². The first-order chi connectivity index (χ1) is 16.0. The summed E-state index contributed by atoms with van der Waals surface area (Å²) in [5, 5.41) is 3.25. The molecule has 1 aromatic carbocycles. The number of aryl methyl sites for hydroxylation is 1. The molecule has 1 amide bonds. The van der Waals surface area contributed by atoms with Crippen molar-refractivity contribution in [2.24, 2.45) is 0 Å². The average Bonchev–Trinajstić information content (AvgIpc) is 3.26. The molecule has 172 valence electrons. The number of anilines is 2. The van der Waals surface area contributed by atoms with E-state index < -0.39 is 0 Å². The highest BCUT2D eigenvalue weighted by atomic mass is 16.2. The summed E-state index contributed by atoms with van der Waals surface area (Å²) in [4.78, 5) is 31.2.